The van der Waals surface area contributed by atoms with Crippen molar-refractivity contribution >= 4 is 11.1 Å². The number of aromatic nitrogens is 1. The Morgan fingerprint density at radius 3 is 2.63 bits per heavy atom. The lowest BCUT2D eigenvalue weighted by molar-refractivity contribution is 0.438. The zero-order valence-corrected chi connectivity index (χ0v) is 16.9. The van der Waals surface area contributed by atoms with Crippen molar-refractivity contribution in [2.75, 3.05) is 0 Å². The minimum absolute atomic E-state index is 0.293. The molecule has 1 heteroatoms. The molecule has 27 heavy (non-hydrogen) atoms. The molecular formula is C26H29N. The van der Waals surface area contributed by atoms with Crippen LogP contribution >= 0.6 is 0 Å². The minimum Gasteiger partial charge on any atom is -0.257 e. The number of aryl methyl sites for hydroxylation is 2. The zero-order valence-electron chi connectivity index (χ0n) is 16.9. The first-order chi connectivity index (χ1) is 13.0. The molecule has 3 atom stereocenters. The maximum Gasteiger partial charge on any atom is 0.0665 e. The molecule has 3 unspecified atom stereocenters. The number of rotatable bonds is 4. The van der Waals surface area contributed by atoms with E-state index in [4.69, 9.17) is 4.98 Å². The van der Waals surface area contributed by atoms with Crippen molar-refractivity contribution in [2.24, 2.45) is 17.3 Å². The first-order valence-corrected chi connectivity index (χ1v) is 10.1. The minimum atomic E-state index is 0.293. The molecule has 0 spiro atoms. The van der Waals surface area contributed by atoms with Gasteiger partial charge in [-0.15, -0.1) is 0 Å². The third-order valence-corrected chi connectivity index (χ3v) is 6.47. The van der Waals surface area contributed by atoms with E-state index in [1.807, 2.05) is 12.3 Å². The van der Waals surface area contributed by atoms with Crippen LogP contribution in [-0.4, -0.2) is 4.98 Å². The molecule has 0 radical (unpaired) electrons. The van der Waals surface area contributed by atoms with Crippen LogP contribution in [-0.2, 0) is 0 Å². The molecular weight excluding hydrogens is 326 g/mol. The summed E-state index contributed by atoms with van der Waals surface area (Å²) in [4.78, 5) is 4.73. The topological polar surface area (TPSA) is 12.9 Å². The third-order valence-electron chi connectivity index (χ3n) is 6.47. The van der Waals surface area contributed by atoms with Crippen molar-refractivity contribution in [3.8, 4) is 0 Å². The van der Waals surface area contributed by atoms with E-state index in [0.717, 1.165) is 18.0 Å². The average Bonchev–Trinajstić information content (AvgIpc) is 3.34. The maximum absolute atomic E-state index is 4.73. The first-order valence-electron chi connectivity index (χ1n) is 10.1. The molecule has 2 aliphatic carbocycles. The Bertz CT molecular complexity index is 932. The summed E-state index contributed by atoms with van der Waals surface area (Å²) in [6.45, 7) is 8.92. The molecule has 1 aromatic carbocycles. The van der Waals surface area contributed by atoms with E-state index in [1.165, 1.54) is 34.3 Å². The molecule has 4 rings (SSSR count). The monoisotopic (exact) mass is 355 g/mol. The SMILES string of the molecule is CC=CC1(C2CC=C(c3cc(C)ccc3C)C=C2c2ccccn2)CC1C. The lowest BCUT2D eigenvalue weighted by Gasteiger charge is -2.31. The van der Waals surface area contributed by atoms with Crippen molar-refractivity contribution in [3.63, 3.8) is 0 Å². The maximum atomic E-state index is 4.73. The highest BCUT2D eigenvalue weighted by Gasteiger charge is 2.55. The van der Waals surface area contributed by atoms with E-state index in [1.54, 1.807) is 0 Å². The molecule has 2 aliphatic rings. The van der Waals surface area contributed by atoms with Crippen LogP contribution in [0.3, 0.4) is 0 Å². The van der Waals surface area contributed by atoms with Crippen molar-refractivity contribution < 1.29 is 0 Å². The van der Waals surface area contributed by atoms with Crippen LogP contribution < -0.4 is 0 Å². The van der Waals surface area contributed by atoms with Crippen LogP contribution in [0.1, 0.15) is 49.1 Å². The van der Waals surface area contributed by atoms with Gasteiger partial charge in [0.15, 0.2) is 0 Å². The van der Waals surface area contributed by atoms with Crippen molar-refractivity contribution in [3.05, 3.63) is 89.3 Å². The van der Waals surface area contributed by atoms with Gasteiger partial charge < -0.3 is 0 Å². The number of benzene rings is 1. The van der Waals surface area contributed by atoms with Crippen LogP contribution in [0.5, 0.6) is 0 Å². The van der Waals surface area contributed by atoms with Crippen LogP contribution in [0, 0.1) is 31.1 Å². The first kappa shape index (κ1) is 18.0. The van der Waals surface area contributed by atoms with Crippen LogP contribution in [0.2, 0.25) is 0 Å². The standard InChI is InChI=1S/C26H29N/c1-5-13-26(17-20(26)4)24-12-11-21(22-15-18(2)9-10-19(22)3)16-23(24)25-8-6-7-14-27-25/h5-11,13-16,20,24H,12,17H2,1-4H3. The molecule has 0 saturated heterocycles. The van der Waals surface area contributed by atoms with Crippen molar-refractivity contribution in [1.82, 2.24) is 4.98 Å². The van der Waals surface area contributed by atoms with Crippen LogP contribution in [0.4, 0.5) is 0 Å². The molecule has 0 bridgehead atoms. The second-order valence-electron chi connectivity index (χ2n) is 8.30. The second-order valence-corrected chi connectivity index (χ2v) is 8.30. The van der Waals surface area contributed by atoms with Gasteiger partial charge in [0.05, 0.1) is 5.69 Å². The Balaban J connectivity index is 1.81. The normalized spacial score (nSPS) is 27.4. The quantitative estimate of drug-likeness (QED) is 0.550. The molecule has 0 N–H and O–H groups in total. The Hall–Kier alpha value is -2.41. The fourth-order valence-electron chi connectivity index (χ4n) is 4.84. The van der Waals surface area contributed by atoms with Gasteiger partial charge in [-0.2, -0.15) is 0 Å². The molecule has 1 nitrogen and oxygen atoms in total. The number of hydrogen-bond donors (Lipinski definition) is 0. The lowest BCUT2D eigenvalue weighted by atomic mass is 9.73. The van der Waals surface area contributed by atoms with Gasteiger partial charge in [0.1, 0.15) is 0 Å². The van der Waals surface area contributed by atoms with Gasteiger partial charge in [-0.3, -0.25) is 4.98 Å². The van der Waals surface area contributed by atoms with E-state index in [9.17, 15) is 0 Å². The smallest absolute Gasteiger partial charge is 0.0665 e. The van der Waals surface area contributed by atoms with E-state index in [-0.39, 0.29) is 0 Å². The van der Waals surface area contributed by atoms with E-state index in [0.29, 0.717) is 11.3 Å². The fraction of sp³-hybridized carbons (Fsp3) is 0.346. The molecule has 1 aromatic heterocycles. The summed E-state index contributed by atoms with van der Waals surface area (Å²) < 4.78 is 0. The van der Waals surface area contributed by atoms with Crippen molar-refractivity contribution in [1.29, 1.82) is 0 Å². The van der Waals surface area contributed by atoms with Gasteiger partial charge >= 0.3 is 0 Å². The molecule has 1 heterocycles. The summed E-state index contributed by atoms with van der Waals surface area (Å²) in [6.07, 6.45) is 13.8. The van der Waals surface area contributed by atoms with E-state index < -0.39 is 0 Å². The number of pyridine rings is 1. The molecule has 1 fully saturated rings. The third kappa shape index (κ3) is 3.20. The number of hydrogen-bond acceptors (Lipinski definition) is 1. The van der Waals surface area contributed by atoms with Gasteiger partial charge in [-0.05, 0) is 91.3 Å². The van der Waals surface area contributed by atoms with Gasteiger partial charge in [-0.1, -0.05) is 55.0 Å². The Kier molecular flexibility index (Phi) is 4.63. The summed E-state index contributed by atoms with van der Waals surface area (Å²) in [5.41, 5.74) is 8.17. The van der Waals surface area contributed by atoms with Gasteiger partial charge in [-0.25, -0.2) is 0 Å². The molecule has 1 saturated carbocycles. The van der Waals surface area contributed by atoms with Gasteiger partial charge in [0.2, 0.25) is 0 Å². The molecule has 138 valence electrons. The highest BCUT2D eigenvalue weighted by atomic mass is 14.7. The predicted molar refractivity (Wildman–Crippen MR) is 115 cm³/mol. The summed E-state index contributed by atoms with van der Waals surface area (Å²) in [7, 11) is 0. The van der Waals surface area contributed by atoms with Gasteiger partial charge in [0, 0.05) is 6.20 Å². The summed E-state index contributed by atoms with van der Waals surface area (Å²) in [5.74, 6) is 1.24. The molecule has 2 aromatic rings. The highest BCUT2D eigenvalue weighted by Crippen LogP contribution is 2.63. The fourth-order valence-corrected chi connectivity index (χ4v) is 4.84. The highest BCUT2D eigenvalue weighted by molar-refractivity contribution is 5.87. The Morgan fingerprint density at radius 1 is 1.15 bits per heavy atom. The van der Waals surface area contributed by atoms with E-state index >= 15 is 0 Å². The van der Waals surface area contributed by atoms with Crippen LogP contribution in [0.15, 0.2) is 66.9 Å². The number of nitrogens with zero attached hydrogens (tertiary/aromatic N) is 1. The Labute approximate surface area is 163 Å². The average molecular weight is 356 g/mol. The van der Waals surface area contributed by atoms with Crippen molar-refractivity contribution in [2.45, 2.75) is 40.5 Å². The molecule has 0 aliphatic heterocycles. The summed E-state index contributed by atoms with van der Waals surface area (Å²) in [6, 6.07) is 13.0. The van der Waals surface area contributed by atoms with Gasteiger partial charge in [0.25, 0.3) is 0 Å². The second kappa shape index (κ2) is 6.96. The lowest BCUT2D eigenvalue weighted by Crippen LogP contribution is -2.20. The summed E-state index contributed by atoms with van der Waals surface area (Å²) in [5, 5.41) is 0. The summed E-state index contributed by atoms with van der Waals surface area (Å²) >= 11 is 0. The van der Waals surface area contributed by atoms with Crippen LogP contribution in [0.25, 0.3) is 11.1 Å². The number of allylic oxidation sites excluding steroid dienone is 6. The largest absolute Gasteiger partial charge is 0.257 e. The Morgan fingerprint density at radius 2 is 1.96 bits per heavy atom. The molecule has 0 amide bonds. The zero-order chi connectivity index (χ0) is 19.0. The van der Waals surface area contributed by atoms with E-state index in [2.05, 4.69) is 82.3 Å². The predicted octanol–water partition coefficient (Wildman–Crippen LogP) is 6.79.